The molecule has 0 spiro atoms. The fraction of sp³-hybridized carbons (Fsp3) is 0.231. The highest BCUT2D eigenvalue weighted by atomic mass is 79.9. The Morgan fingerprint density at radius 1 is 1.31 bits per heavy atom. The van der Waals surface area contributed by atoms with Gasteiger partial charge in [0, 0.05) is 36.1 Å². The average molecular weight is 279 g/mol. The van der Waals surface area contributed by atoms with Gasteiger partial charge in [-0.2, -0.15) is 0 Å². The smallest absolute Gasteiger partial charge is 0.0490 e. The van der Waals surface area contributed by atoms with Gasteiger partial charge in [0.25, 0.3) is 0 Å². The van der Waals surface area contributed by atoms with Crippen molar-refractivity contribution in [3.63, 3.8) is 0 Å². The summed E-state index contributed by atoms with van der Waals surface area (Å²) in [6.07, 6.45) is 4.18. The Morgan fingerprint density at radius 3 is 2.81 bits per heavy atom. The van der Waals surface area contributed by atoms with Crippen LogP contribution in [0.15, 0.2) is 41.1 Å². The fourth-order valence-corrected chi connectivity index (χ4v) is 2.05. The molecule has 16 heavy (non-hydrogen) atoms. The lowest BCUT2D eigenvalue weighted by molar-refractivity contribution is 0.920. The lowest BCUT2D eigenvalue weighted by atomic mass is 10.2. The van der Waals surface area contributed by atoms with E-state index in [0.29, 0.717) is 0 Å². The standard InChI is InChI=1S/C13H15BrN2/c1-10-4-3-5-12(13(10)14)15-8-11-6-7-16(2)9-11/h3-7,9,15H,8H2,1-2H3. The molecule has 3 heteroatoms. The molecule has 0 unspecified atom stereocenters. The fourth-order valence-electron chi connectivity index (χ4n) is 1.65. The van der Waals surface area contributed by atoms with Crippen LogP contribution in [0.1, 0.15) is 11.1 Å². The van der Waals surface area contributed by atoms with Gasteiger partial charge in [0.1, 0.15) is 0 Å². The van der Waals surface area contributed by atoms with Crippen LogP contribution in [0, 0.1) is 6.92 Å². The van der Waals surface area contributed by atoms with Crippen molar-refractivity contribution in [2.24, 2.45) is 7.05 Å². The molecule has 0 aliphatic heterocycles. The highest BCUT2D eigenvalue weighted by Crippen LogP contribution is 2.26. The molecule has 84 valence electrons. The van der Waals surface area contributed by atoms with Gasteiger partial charge >= 0.3 is 0 Å². The second-order valence-corrected chi connectivity index (χ2v) is 4.77. The molecule has 0 bridgehead atoms. The molecule has 0 saturated carbocycles. The second-order valence-electron chi connectivity index (χ2n) is 3.98. The van der Waals surface area contributed by atoms with Crippen molar-refractivity contribution in [1.82, 2.24) is 4.57 Å². The van der Waals surface area contributed by atoms with Crippen molar-refractivity contribution in [3.8, 4) is 0 Å². The van der Waals surface area contributed by atoms with Crippen LogP contribution in [0.2, 0.25) is 0 Å². The normalized spacial score (nSPS) is 10.4. The average Bonchev–Trinajstić information content (AvgIpc) is 2.67. The zero-order valence-corrected chi connectivity index (χ0v) is 11.1. The third-order valence-corrected chi connectivity index (χ3v) is 3.62. The Balaban J connectivity index is 2.07. The maximum absolute atomic E-state index is 3.59. The van der Waals surface area contributed by atoms with E-state index in [1.54, 1.807) is 0 Å². The van der Waals surface area contributed by atoms with Gasteiger partial charge in [0.05, 0.1) is 0 Å². The van der Waals surface area contributed by atoms with Crippen molar-refractivity contribution in [2.45, 2.75) is 13.5 Å². The molecule has 0 aliphatic carbocycles. The number of benzene rings is 1. The number of aryl methyl sites for hydroxylation is 2. The van der Waals surface area contributed by atoms with Crippen LogP contribution in [0.4, 0.5) is 5.69 Å². The van der Waals surface area contributed by atoms with E-state index in [1.165, 1.54) is 11.1 Å². The van der Waals surface area contributed by atoms with Crippen LogP contribution in [0.5, 0.6) is 0 Å². The number of nitrogens with zero attached hydrogens (tertiary/aromatic N) is 1. The molecule has 2 nitrogen and oxygen atoms in total. The summed E-state index contributed by atoms with van der Waals surface area (Å²) in [7, 11) is 2.03. The molecule has 2 rings (SSSR count). The lowest BCUT2D eigenvalue weighted by Gasteiger charge is -2.09. The molecule has 1 heterocycles. The molecular weight excluding hydrogens is 264 g/mol. The Hall–Kier alpha value is -1.22. The van der Waals surface area contributed by atoms with E-state index in [2.05, 4.69) is 69.4 Å². The minimum absolute atomic E-state index is 0.850. The molecule has 0 atom stereocenters. The first-order valence-electron chi connectivity index (χ1n) is 5.26. The van der Waals surface area contributed by atoms with Crippen molar-refractivity contribution in [2.75, 3.05) is 5.32 Å². The summed E-state index contributed by atoms with van der Waals surface area (Å²) in [4.78, 5) is 0. The van der Waals surface area contributed by atoms with Crippen LogP contribution in [-0.4, -0.2) is 4.57 Å². The SMILES string of the molecule is Cc1cccc(NCc2ccn(C)c2)c1Br. The van der Waals surface area contributed by atoms with Gasteiger partial charge in [0.2, 0.25) is 0 Å². The summed E-state index contributed by atoms with van der Waals surface area (Å²) in [5.74, 6) is 0. The van der Waals surface area contributed by atoms with Crippen LogP contribution >= 0.6 is 15.9 Å². The number of nitrogens with one attached hydrogen (secondary N) is 1. The third-order valence-electron chi connectivity index (χ3n) is 2.57. The second kappa shape index (κ2) is 4.74. The van der Waals surface area contributed by atoms with Crippen LogP contribution < -0.4 is 5.32 Å². The summed E-state index contributed by atoms with van der Waals surface area (Å²) in [5.41, 5.74) is 3.68. The van der Waals surface area contributed by atoms with Gasteiger partial charge in [-0.1, -0.05) is 12.1 Å². The summed E-state index contributed by atoms with van der Waals surface area (Å²) in [6, 6.07) is 8.36. The predicted octanol–water partition coefficient (Wildman–Crippen LogP) is 3.71. The Bertz CT molecular complexity index is 488. The van der Waals surface area contributed by atoms with E-state index in [-0.39, 0.29) is 0 Å². The summed E-state index contributed by atoms with van der Waals surface area (Å²) in [5, 5.41) is 3.42. The topological polar surface area (TPSA) is 17.0 Å². The first-order valence-corrected chi connectivity index (χ1v) is 6.06. The molecule has 0 aliphatic rings. The number of halogens is 1. The van der Waals surface area contributed by atoms with Gasteiger partial charge in [-0.15, -0.1) is 0 Å². The summed E-state index contributed by atoms with van der Waals surface area (Å²) in [6.45, 7) is 2.95. The molecule has 1 N–H and O–H groups in total. The number of rotatable bonds is 3. The number of aromatic nitrogens is 1. The highest BCUT2D eigenvalue weighted by Gasteiger charge is 2.01. The van der Waals surface area contributed by atoms with Crippen molar-refractivity contribution >= 4 is 21.6 Å². The van der Waals surface area contributed by atoms with Crippen molar-refractivity contribution in [3.05, 3.63) is 52.3 Å². The van der Waals surface area contributed by atoms with Gasteiger partial charge in [-0.25, -0.2) is 0 Å². The highest BCUT2D eigenvalue weighted by molar-refractivity contribution is 9.10. The van der Waals surface area contributed by atoms with E-state index in [1.807, 2.05) is 7.05 Å². The number of hydrogen-bond acceptors (Lipinski definition) is 1. The molecule has 0 amide bonds. The number of anilines is 1. The van der Waals surface area contributed by atoms with Gasteiger partial charge < -0.3 is 9.88 Å². The van der Waals surface area contributed by atoms with E-state index in [0.717, 1.165) is 16.7 Å². The lowest BCUT2D eigenvalue weighted by Crippen LogP contribution is -1.99. The van der Waals surface area contributed by atoms with E-state index in [9.17, 15) is 0 Å². The van der Waals surface area contributed by atoms with E-state index >= 15 is 0 Å². The molecular formula is C13H15BrN2. The molecule has 1 aromatic heterocycles. The Kier molecular flexibility index (Phi) is 3.34. The monoisotopic (exact) mass is 278 g/mol. The van der Waals surface area contributed by atoms with E-state index in [4.69, 9.17) is 0 Å². The molecule has 1 aromatic carbocycles. The first kappa shape index (κ1) is 11.3. The zero-order chi connectivity index (χ0) is 11.5. The third kappa shape index (κ3) is 2.47. The summed E-state index contributed by atoms with van der Waals surface area (Å²) < 4.78 is 3.20. The minimum Gasteiger partial charge on any atom is -0.380 e. The van der Waals surface area contributed by atoms with Crippen LogP contribution in [0.3, 0.4) is 0 Å². The Labute approximate surface area is 104 Å². The Morgan fingerprint density at radius 2 is 2.12 bits per heavy atom. The predicted molar refractivity (Wildman–Crippen MR) is 71.6 cm³/mol. The first-order chi connectivity index (χ1) is 7.66. The molecule has 2 aromatic rings. The van der Waals surface area contributed by atoms with Gasteiger partial charge in [0.15, 0.2) is 0 Å². The minimum atomic E-state index is 0.850. The number of hydrogen-bond donors (Lipinski definition) is 1. The summed E-state index contributed by atoms with van der Waals surface area (Å²) >= 11 is 3.59. The maximum atomic E-state index is 3.59. The van der Waals surface area contributed by atoms with Gasteiger partial charge in [-0.05, 0) is 46.1 Å². The molecule has 0 saturated heterocycles. The molecule has 0 fully saturated rings. The zero-order valence-electron chi connectivity index (χ0n) is 9.50. The van der Waals surface area contributed by atoms with Crippen molar-refractivity contribution in [1.29, 1.82) is 0 Å². The van der Waals surface area contributed by atoms with E-state index < -0.39 is 0 Å². The maximum Gasteiger partial charge on any atom is 0.0490 e. The van der Waals surface area contributed by atoms with Gasteiger partial charge in [-0.3, -0.25) is 0 Å². The molecule has 0 radical (unpaired) electrons. The van der Waals surface area contributed by atoms with Crippen LogP contribution in [0.25, 0.3) is 0 Å². The largest absolute Gasteiger partial charge is 0.380 e. The quantitative estimate of drug-likeness (QED) is 0.906. The van der Waals surface area contributed by atoms with Crippen LogP contribution in [-0.2, 0) is 13.6 Å². The van der Waals surface area contributed by atoms with Crippen molar-refractivity contribution < 1.29 is 0 Å².